The molecule has 0 radical (unpaired) electrons. The minimum absolute atomic E-state index is 0.000373. The van der Waals surface area contributed by atoms with E-state index in [2.05, 4.69) is 0 Å². The number of carbonyl (C=O) groups is 4. The predicted octanol–water partition coefficient (Wildman–Crippen LogP) is 5.81. The molecule has 1 rings (SSSR count). The first-order valence-corrected chi connectivity index (χ1v) is 14.5. The molecule has 2 N–H and O–H groups in total. The van der Waals surface area contributed by atoms with Crippen LogP contribution in [0.25, 0.3) is 0 Å². The van der Waals surface area contributed by atoms with Crippen LogP contribution in [-0.4, -0.2) is 63.0 Å². The maximum atomic E-state index is 12.6. The van der Waals surface area contributed by atoms with E-state index in [9.17, 15) is 19.2 Å². The Bertz CT molecular complexity index is 999. The van der Waals surface area contributed by atoms with Crippen LogP contribution >= 0.6 is 0 Å². The van der Waals surface area contributed by atoms with E-state index in [4.69, 9.17) is 38.9 Å². The van der Waals surface area contributed by atoms with E-state index in [0.29, 0.717) is 5.56 Å². The van der Waals surface area contributed by atoms with Crippen molar-refractivity contribution in [1.82, 2.24) is 0 Å². The quantitative estimate of drug-likeness (QED) is 0.131. The molecule has 0 fully saturated rings. The minimum atomic E-state index is -1.10. The molecule has 12 nitrogen and oxygen atoms in total. The van der Waals surface area contributed by atoms with E-state index in [1.54, 1.807) is 13.0 Å². The minimum Gasteiger partial charge on any atom is -0.458 e. The molecule has 1 aromatic rings. The van der Waals surface area contributed by atoms with Crippen LogP contribution in [0.4, 0.5) is 14.4 Å². The van der Waals surface area contributed by atoms with Crippen LogP contribution in [-0.2, 0) is 34.9 Å². The summed E-state index contributed by atoms with van der Waals surface area (Å²) >= 11 is 0. The standard InChI is InChI=1S/C30H47NO11/c1-8-19(4)15-36-28(33)39-18-22(7)40-27(32)24(31)13-23-11-12-25(41-29(34)37-16-20(5)9-2)26(14-23)42-30(35)38-17-21(6)10-3/h11-12,14,19-22,24H,8-10,13,15-18,31H2,1-7H3/t19?,20?,21?,22-,24-/m0/s1. The molecule has 0 spiro atoms. The van der Waals surface area contributed by atoms with Gasteiger partial charge >= 0.3 is 24.4 Å². The largest absolute Gasteiger partial charge is 0.513 e. The Balaban J connectivity index is 2.84. The van der Waals surface area contributed by atoms with E-state index in [-0.39, 0.29) is 62.1 Å². The Morgan fingerprint density at radius 3 is 1.62 bits per heavy atom. The highest BCUT2D eigenvalue weighted by Gasteiger charge is 2.22. The molecule has 1 aromatic carbocycles. The van der Waals surface area contributed by atoms with Gasteiger partial charge in [-0.25, -0.2) is 14.4 Å². The monoisotopic (exact) mass is 597 g/mol. The molecule has 0 aliphatic rings. The molecule has 5 atom stereocenters. The summed E-state index contributed by atoms with van der Waals surface area (Å²) in [6.07, 6.45) is -1.07. The van der Waals surface area contributed by atoms with Gasteiger partial charge in [0, 0.05) is 0 Å². The summed E-state index contributed by atoms with van der Waals surface area (Å²) < 4.78 is 36.1. The zero-order chi connectivity index (χ0) is 31.7. The van der Waals surface area contributed by atoms with Crippen LogP contribution < -0.4 is 15.2 Å². The second-order valence-corrected chi connectivity index (χ2v) is 10.6. The lowest BCUT2D eigenvalue weighted by atomic mass is 10.1. The molecule has 238 valence electrons. The topological polar surface area (TPSA) is 159 Å². The number of carbonyl (C=O) groups excluding carboxylic acids is 4. The summed E-state index contributed by atoms with van der Waals surface area (Å²) in [6.45, 7) is 13.6. The molecule has 0 saturated heterocycles. The van der Waals surface area contributed by atoms with Crippen molar-refractivity contribution in [2.45, 2.75) is 86.3 Å². The van der Waals surface area contributed by atoms with Crippen LogP contribution in [0.5, 0.6) is 11.5 Å². The summed E-state index contributed by atoms with van der Waals surface area (Å²) in [5.74, 6) is -0.442. The molecule has 0 aliphatic heterocycles. The third kappa shape index (κ3) is 14.9. The van der Waals surface area contributed by atoms with Crippen LogP contribution in [0, 0.1) is 17.8 Å². The molecule has 42 heavy (non-hydrogen) atoms. The maximum Gasteiger partial charge on any atom is 0.513 e. The van der Waals surface area contributed by atoms with E-state index in [1.807, 2.05) is 41.5 Å². The molecular weight excluding hydrogens is 550 g/mol. The van der Waals surface area contributed by atoms with Gasteiger partial charge in [0.05, 0.1) is 19.8 Å². The third-order valence-corrected chi connectivity index (χ3v) is 6.45. The maximum absolute atomic E-state index is 12.6. The number of ether oxygens (including phenoxy) is 7. The van der Waals surface area contributed by atoms with Crippen LogP contribution in [0.15, 0.2) is 18.2 Å². The Morgan fingerprint density at radius 1 is 0.667 bits per heavy atom. The first-order valence-electron chi connectivity index (χ1n) is 14.5. The Labute approximate surface area is 248 Å². The van der Waals surface area contributed by atoms with Gasteiger partial charge in [0.25, 0.3) is 0 Å². The van der Waals surface area contributed by atoms with Crippen molar-refractivity contribution in [3.63, 3.8) is 0 Å². The summed E-state index contributed by atoms with van der Waals surface area (Å²) in [5.41, 5.74) is 6.54. The Hall–Kier alpha value is -3.54. The summed E-state index contributed by atoms with van der Waals surface area (Å²) in [6, 6.07) is 3.27. The van der Waals surface area contributed by atoms with Crippen LogP contribution in [0.3, 0.4) is 0 Å². The van der Waals surface area contributed by atoms with Crippen molar-refractivity contribution in [1.29, 1.82) is 0 Å². The average Bonchev–Trinajstić information content (AvgIpc) is 2.97. The van der Waals surface area contributed by atoms with Gasteiger partial charge < -0.3 is 38.9 Å². The van der Waals surface area contributed by atoms with Gasteiger partial charge in [-0.3, -0.25) is 4.79 Å². The molecule has 0 bridgehead atoms. The number of hydrogen-bond donors (Lipinski definition) is 1. The Morgan fingerprint density at radius 2 is 1.12 bits per heavy atom. The van der Waals surface area contributed by atoms with Gasteiger partial charge in [-0.2, -0.15) is 0 Å². The number of benzene rings is 1. The summed E-state index contributed by atoms with van der Waals surface area (Å²) in [4.78, 5) is 48.8. The van der Waals surface area contributed by atoms with Gasteiger partial charge in [0.2, 0.25) is 0 Å². The van der Waals surface area contributed by atoms with Crippen molar-refractivity contribution in [2.24, 2.45) is 23.5 Å². The zero-order valence-electron chi connectivity index (χ0n) is 25.8. The molecule has 0 heterocycles. The first kappa shape index (κ1) is 36.5. The number of esters is 1. The van der Waals surface area contributed by atoms with E-state index in [0.717, 1.165) is 19.3 Å². The van der Waals surface area contributed by atoms with E-state index >= 15 is 0 Å². The van der Waals surface area contributed by atoms with Crippen LogP contribution in [0.1, 0.15) is 73.3 Å². The molecular formula is C30H47NO11. The van der Waals surface area contributed by atoms with Gasteiger partial charge in [-0.05, 0) is 48.8 Å². The smallest absolute Gasteiger partial charge is 0.458 e. The molecule has 0 saturated carbocycles. The highest BCUT2D eigenvalue weighted by molar-refractivity contribution is 5.76. The van der Waals surface area contributed by atoms with Crippen molar-refractivity contribution in [3.8, 4) is 11.5 Å². The molecule has 0 amide bonds. The van der Waals surface area contributed by atoms with Gasteiger partial charge in [-0.15, -0.1) is 0 Å². The summed E-state index contributed by atoms with van der Waals surface area (Å²) in [7, 11) is 0. The Kier molecular flexibility index (Phi) is 17.0. The summed E-state index contributed by atoms with van der Waals surface area (Å²) in [5, 5.41) is 0. The number of hydrogen-bond acceptors (Lipinski definition) is 12. The lowest BCUT2D eigenvalue weighted by Gasteiger charge is -2.18. The van der Waals surface area contributed by atoms with Gasteiger partial charge in [0.1, 0.15) is 18.8 Å². The van der Waals surface area contributed by atoms with Crippen LogP contribution in [0.2, 0.25) is 0 Å². The SMILES string of the molecule is CCC(C)COC(=O)OC[C@H](C)OC(=O)[C@@H](N)Cc1ccc(OC(=O)OCC(C)CC)c(OC(=O)OCC(C)CC)c1. The second kappa shape index (κ2) is 19.6. The van der Waals surface area contributed by atoms with E-state index < -0.39 is 36.6 Å². The average molecular weight is 598 g/mol. The van der Waals surface area contributed by atoms with E-state index in [1.165, 1.54) is 12.1 Å². The number of rotatable bonds is 17. The van der Waals surface area contributed by atoms with Gasteiger partial charge in [0.15, 0.2) is 11.5 Å². The lowest BCUT2D eigenvalue weighted by molar-refractivity contribution is -0.152. The fourth-order valence-electron chi connectivity index (χ4n) is 2.95. The van der Waals surface area contributed by atoms with Crippen molar-refractivity contribution in [2.75, 3.05) is 26.4 Å². The third-order valence-electron chi connectivity index (χ3n) is 6.45. The fraction of sp³-hybridized carbons (Fsp3) is 0.667. The normalized spacial score (nSPS) is 14.4. The molecule has 0 aromatic heterocycles. The molecule has 12 heteroatoms. The first-order chi connectivity index (χ1) is 19.9. The lowest BCUT2D eigenvalue weighted by Crippen LogP contribution is -2.37. The zero-order valence-corrected chi connectivity index (χ0v) is 25.8. The highest BCUT2D eigenvalue weighted by Crippen LogP contribution is 2.30. The molecule has 3 unspecified atom stereocenters. The second-order valence-electron chi connectivity index (χ2n) is 10.6. The fourth-order valence-corrected chi connectivity index (χ4v) is 2.95. The molecule has 0 aliphatic carbocycles. The van der Waals surface area contributed by atoms with Gasteiger partial charge in [-0.1, -0.05) is 66.9 Å². The van der Waals surface area contributed by atoms with Crippen molar-refractivity contribution in [3.05, 3.63) is 23.8 Å². The number of nitrogens with two attached hydrogens (primary N) is 1. The van der Waals surface area contributed by atoms with Crippen molar-refractivity contribution >= 4 is 24.4 Å². The van der Waals surface area contributed by atoms with Crippen molar-refractivity contribution < 1.29 is 52.3 Å². The highest BCUT2D eigenvalue weighted by atomic mass is 16.7. The predicted molar refractivity (Wildman–Crippen MR) is 153 cm³/mol.